The largest absolute Gasteiger partial charge is 0.493 e. The Morgan fingerprint density at radius 2 is 1.93 bits per heavy atom. The molecule has 1 aliphatic heterocycles. The molecular weight excluding hydrogens is 406 g/mol. The summed E-state index contributed by atoms with van der Waals surface area (Å²) in [5.74, 6) is 0.328. The normalized spacial score (nSPS) is 15.8. The van der Waals surface area contributed by atoms with Gasteiger partial charge in [0.1, 0.15) is 6.61 Å². The lowest BCUT2D eigenvalue weighted by atomic mass is 9.91. The second-order valence-corrected chi connectivity index (χ2v) is 7.13. The molecule has 0 aromatic heterocycles. The van der Waals surface area contributed by atoms with Crippen molar-refractivity contribution >= 4 is 28.8 Å². The number of nitro benzene ring substituents is 1. The van der Waals surface area contributed by atoms with Gasteiger partial charge < -0.3 is 20.1 Å². The van der Waals surface area contributed by atoms with Gasteiger partial charge >= 0.3 is 0 Å². The number of nitrogens with zero attached hydrogens (tertiary/aromatic N) is 1. The first kappa shape index (κ1) is 21.3. The van der Waals surface area contributed by atoms with Crippen LogP contribution in [0.5, 0.6) is 11.5 Å². The molecule has 30 heavy (non-hydrogen) atoms. The first-order chi connectivity index (χ1) is 14.3. The molecule has 0 fully saturated rings. The van der Waals surface area contributed by atoms with Crippen LogP contribution in [0.25, 0.3) is 0 Å². The predicted octanol–water partition coefficient (Wildman–Crippen LogP) is 3.56. The van der Waals surface area contributed by atoms with Crippen molar-refractivity contribution in [3.8, 4) is 11.5 Å². The fourth-order valence-corrected chi connectivity index (χ4v) is 3.63. The second kappa shape index (κ2) is 8.91. The summed E-state index contributed by atoms with van der Waals surface area (Å²) < 4.78 is 11.2. The summed E-state index contributed by atoms with van der Waals surface area (Å²) in [5, 5.41) is 18.0. The summed E-state index contributed by atoms with van der Waals surface area (Å²) in [6.45, 7) is 3.34. The van der Waals surface area contributed by atoms with Crippen LogP contribution in [-0.2, 0) is 11.4 Å². The van der Waals surface area contributed by atoms with E-state index in [1.807, 2.05) is 30.3 Å². The maximum Gasteiger partial charge on any atom is 0.279 e. The molecule has 0 spiro atoms. The van der Waals surface area contributed by atoms with Gasteiger partial charge in [-0.15, -0.1) is 0 Å². The first-order valence-electron chi connectivity index (χ1n) is 9.14. The van der Waals surface area contributed by atoms with Gasteiger partial charge in [0.2, 0.25) is 0 Å². The zero-order valence-corrected chi connectivity index (χ0v) is 17.5. The van der Waals surface area contributed by atoms with Gasteiger partial charge in [0, 0.05) is 11.3 Å². The number of Topliss-reactive ketones (excluding diaryl/α,β-unsaturated/α-hetero) is 1. The SMILES string of the molecule is COc1cc([C@H]2NC(=S)NC(C)=C2C(C)=O)c([N+](=O)[O-])cc1OCc1ccccc1. The number of ketones is 1. The number of carbonyl (C=O) groups is 1. The van der Waals surface area contributed by atoms with E-state index >= 15 is 0 Å². The predicted molar refractivity (Wildman–Crippen MR) is 115 cm³/mol. The third-order valence-electron chi connectivity index (χ3n) is 4.71. The average molecular weight is 427 g/mol. The lowest BCUT2D eigenvalue weighted by Gasteiger charge is -2.30. The Morgan fingerprint density at radius 1 is 1.23 bits per heavy atom. The Morgan fingerprint density at radius 3 is 2.53 bits per heavy atom. The smallest absolute Gasteiger partial charge is 0.279 e. The van der Waals surface area contributed by atoms with E-state index in [9.17, 15) is 14.9 Å². The van der Waals surface area contributed by atoms with Crippen LogP contribution in [0.1, 0.15) is 31.0 Å². The highest BCUT2D eigenvalue weighted by Gasteiger charge is 2.34. The highest BCUT2D eigenvalue weighted by atomic mass is 32.1. The minimum absolute atomic E-state index is 0.201. The number of methoxy groups -OCH3 is 1. The summed E-state index contributed by atoms with van der Waals surface area (Å²) in [7, 11) is 1.45. The van der Waals surface area contributed by atoms with Crippen LogP contribution in [-0.4, -0.2) is 22.9 Å². The number of nitro groups is 1. The standard InChI is InChI=1S/C21H21N3O5S/c1-12-19(13(2)25)20(23-21(30)22-12)15-9-17(28-3)18(10-16(15)24(26)27)29-11-14-7-5-4-6-8-14/h4-10,20H,11H2,1-3H3,(H2,22,23,30)/t20-/m1/s1. The number of thiocarbonyl (C=S) groups is 1. The van der Waals surface area contributed by atoms with E-state index in [1.54, 1.807) is 6.92 Å². The van der Waals surface area contributed by atoms with E-state index < -0.39 is 11.0 Å². The van der Waals surface area contributed by atoms with E-state index in [1.165, 1.54) is 26.2 Å². The zero-order chi connectivity index (χ0) is 21.8. The van der Waals surface area contributed by atoms with Gasteiger partial charge in [0.15, 0.2) is 22.4 Å². The number of ether oxygens (including phenoxy) is 2. The molecule has 1 atom stereocenters. The quantitative estimate of drug-likeness (QED) is 0.393. The molecule has 0 aliphatic carbocycles. The number of rotatable bonds is 7. The van der Waals surface area contributed by atoms with Crippen molar-refractivity contribution in [2.45, 2.75) is 26.5 Å². The molecule has 0 saturated heterocycles. The monoisotopic (exact) mass is 427 g/mol. The van der Waals surface area contributed by atoms with Crippen molar-refractivity contribution in [3.05, 3.63) is 75.0 Å². The Hall–Kier alpha value is -3.46. The van der Waals surface area contributed by atoms with Crippen LogP contribution in [0, 0.1) is 10.1 Å². The zero-order valence-electron chi connectivity index (χ0n) is 16.7. The fourth-order valence-electron chi connectivity index (χ4n) is 3.36. The molecule has 1 aliphatic rings. The highest BCUT2D eigenvalue weighted by molar-refractivity contribution is 7.80. The van der Waals surface area contributed by atoms with Gasteiger partial charge in [-0.1, -0.05) is 30.3 Å². The van der Waals surface area contributed by atoms with E-state index in [2.05, 4.69) is 10.6 Å². The molecule has 156 valence electrons. The molecule has 0 unspecified atom stereocenters. The number of hydrogen-bond acceptors (Lipinski definition) is 6. The molecular formula is C21H21N3O5S. The lowest BCUT2D eigenvalue weighted by Crippen LogP contribution is -2.44. The summed E-state index contributed by atoms with van der Waals surface area (Å²) in [4.78, 5) is 23.6. The minimum atomic E-state index is -0.784. The van der Waals surface area contributed by atoms with Crippen molar-refractivity contribution in [1.29, 1.82) is 0 Å². The summed E-state index contributed by atoms with van der Waals surface area (Å²) >= 11 is 5.20. The van der Waals surface area contributed by atoms with Crippen molar-refractivity contribution in [2.24, 2.45) is 0 Å². The van der Waals surface area contributed by atoms with Crippen LogP contribution < -0.4 is 20.1 Å². The van der Waals surface area contributed by atoms with Gasteiger partial charge in [-0.05, 0) is 37.7 Å². The number of nitrogens with one attached hydrogen (secondary N) is 2. The molecule has 2 aromatic carbocycles. The highest BCUT2D eigenvalue weighted by Crippen LogP contribution is 2.41. The Bertz CT molecular complexity index is 1040. The maximum atomic E-state index is 12.3. The van der Waals surface area contributed by atoms with Crippen LogP contribution in [0.2, 0.25) is 0 Å². The van der Waals surface area contributed by atoms with Gasteiger partial charge in [0.05, 0.1) is 29.7 Å². The van der Waals surface area contributed by atoms with Gasteiger partial charge in [-0.25, -0.2) is 0 Å². The average Bonchev–Trinajstić information content (AvgIpc) is 2.71. The van der Waals surface area contributed by atoms with Crippen molar-refractivity contribution < 1.29 is 19.2 Å². The molecule has 3 rings (SSSR count). The molecule has 0 amide bonds. The molecule has 2 aromatic rings. The van der Waals surface area contributed by atoms with E-state index in [0.717, 1.165) is 5.56 Å². The van der Waals surface area contributed by atoms with E-state index in [0.29, 0.717) is 17.0 Å². The first-order valence-corrected chi connectivity index (χ1v) is 9.55. The van der Waals surface area contributed by atoms with Gasteiger partial charge in [-0.2, -0.15) is 0 Å². The number of benzene rings is 2. The summed E-state index contributed by atoms with van der Waals surface area (Å²) in [6, 6.07) is 11.5. The van der Waals surface area contributed by atoms with Crippen LogP contribution in [0.3, 0.4) is 0 Å². The Balaban J connectivity index is 2.06. The molecule has 2 N–H and O–H groups in total. The summed E-state index contributed by atoms with van der Waals surface area (Å²) in [5.41, 5.74) is 1.89. The second-order valence-electron chi connectivity index (χ2n) is 6.72. The minimum Gasteiger partial charge on any atom is -0.493 e. The molecule has 0 bridgehead atoms. The Labute approximate surface area is 179 Å². The van der Waals surface area contributed by atoms with Crippen LogP contribution in [0.4, 0.5) is 5.69 Å². The Kier molecular flexibility index (Phi) is 6.31. The van der Waals surface area contributed by atoms with Crippen molar-refractivity contribution in [2.75, 3.05) is 7.11 Å². The lowest BCUT2D eigenvalue weighted by molar-refractivity contribution is -0.385. The van der Waals surface area contributed by atoms with Crippen LogP contribution in [0.15, 0.2) is 53.7 Å². The van der Waals surface area contributed by atoms with E-state index in [4.69, 9.17) is 21.7 Å². The van der Waals surface area contributed by atoms with E-state index in [-0.39, 0.29) is 34.5 Å². The molecule has 0 radical (unpaired) electrons. The van der Waals surface area contributed by atoms with Gasteiger partial charge in [0.25, 0.3) is 5.69 Å². The molecule has 1 heterocycles. The van der Waals surface area contributed by atoms with Crippen molar-refractivity contribution in [3.63, 3.8) is 0 Å². The third kappa shape index (κ3) is 4.41. The fraction of sp³-hybridized carbons (Fsp3) is 0.238. The number of carbonyl (C=O) groups excluding carboxylic acids is 1. The topological polar surface area (TPSA) is 103 Å². The van der Waals surface area contributed by atoms with Gasteiger partial charge in [-0.3, -0.25) is 14.9 Å². The number of hydrogen-bond donors (Lipinski definition) is 2. The molecule has 8 nitrogen and oxygen atoms in total. The molecule has 0 saturated carbocycles. The van der Waals surface area contributed by atoms with Crippen LogP contribution >= 0.6 is 12.2 Å². The van der Waals surface area contributed by atoms with Crippen molar-refractivity contribution in [1.82, 2.24) is 10.6 Å². The third-order valence-corrected chi connectivity index (χ3v) is 4.93. The maximum absolute atomic E-state index is 12.3. The summed E-state index contributed by atoms with van der Waals surface area (Å²) in [6.07, 6.45) is 0. The number of allylic oxidation sites excluding steroid dienone is 1. The molecule has 9 heteroatoms.